The fourth-order valence-corrected chi connectivity index (χ4v) is 2.50. The molecule has 1 fully saturated rings. The fraction of sp³-hybridized carbons (Fsp3) is 0.474. The van der Waals surface area contributed by atoms with Gasteiger partial charge in [0.2, 0.25) is 0 Å². The number of aliphatic hydroxyl groups is 1. The minimum Gasteiger partial charge on any atom is -0.491 e. The predicted octanol–water partition coefficient (Wildman–Crippen LogP) is 2.86. The maximum absolute atomic E-state index is 9.22. The molecular weight excluding hydrogens is 292 g/mol. The van der Waals surface area contributed by atoms with Crippen LogP contribution in [0.3, 0.4) is 0 Å². The molecule has 4 nitrogen and oxygen atoms in total. The topological polar surface area (TPSA) is 51.2 Å². The van der Waals surface area contributed by atoms with Crippen LogP contribution in [0.4, 0.5) is 0 Å². The maximum atomic E-state index is 9.22. The molecule has 0 aromatic heterocycles. The van der Waals surface area contributed by atoms with Crippen LogP contribution >= 0.6 is 0 Å². The van der Waals surface area contributed by atoms with Gasteiger partial charge in [0.25, 0.3) is 0 Å². The molecule has 0 radical (unpaired) electrons. The molecule has 3 atom stereocenters. The zero-order chi connectivity index (χ0) is 16.1. The molecule has 1 aliphatic carbocycles. The summed E-state index contributed by atoms with van der Waals surface area (Å²) in [5, 5.41) is 9.22. The fourth-order valence-electron chi connectivity index (χ4n) is 2.50. The van der Waals surface area contributed by atoms with Gasteiger partial charge in [-0.25, -0.2) is 0 Å². The molecule has 0 amide bonds. The van der Waals surface area contributed by atoms with Gasteiger partial charge in [0.1, 0.15) is 30.8 Å². The second-order valence-electron chi connectivity index (χ2n) is 6.24. The third-order valence-electron chi connectivity index (χ3n) is 3.91. The summed E-state index contributed by atoms with van der Waals surface area (Å²) in [5.41, 5.74) is 1.29. The Morgan fingerprint density at radius 2 is 2.04 bits per heavy atom. The first-order valence-electron chi connectivity index (χ1n) is 8.21. The summed E-state index contributed by atoms with van der Waals surface area (Å²) in [6.45, 7) is 3.53. The van der Waals surface area contributed by atoms with Crippen molar-refractivity contribution >= 4 is 0 Å². The van der Waals surface area contributed by atoms with Crippen LogP contribution in [-0.2, 0) is 15.9 Å². The lowest BCUT2D eigenvalue weighted by molar-refractivity contribution is 0.122. The van der Waals surface area contributed by atoms with Crippen LogP contribution in [0.1, 0.15) is 18.9 Å². The Kier molecular flexibility index (Phi) is 5.36. The van der Waals surface area contributed by atoms with Crippen molar-refractivity contribution < 1.29 is 19.3 Å². The van der Waals surface area contributed by atoms with Crippen LogP contribution in [0, 0.1) is 5.92 Å². The average Bonchev–Trinajstić information content (AvgIpc) is 3.38. The summed E-state index contributed by atoms with van der Waals surface area (Å²) in [4.78, 5) is 0. The zero-order valence-electron chi connectivity index (χ0n) is 13.5. The van der Waals surface area contributed by atoms with Gasteiger partial charge in [-0.05, 0) is 55.5 Å². The van der Waals surface area contributed by atoms with Crippen LogP contribution in [0.5, 0.6) is 5.75 Å². The van der Waals surface area contributed by atoms with Crippen molar-refractivity contribution in [1.82, 2.24) is 0 Å². The molecule has 0 spiro atoms. The van der Waals surface area contributed by atoms with E-state index >= 15 is 0 Å². The highest BCUT2D eigenvalue weighted by atomic mass is 16.6. The third-order valence-corrected chi connectivity index (χ3v) is 3.91. The SMILES string of the molecule is CC(O)COc1ccc(CC2C=CC(OCC3CO3)=CC2)cc1. The minimum atomic E-state index is -0.447. The Labute approximate surface area is 137 Å². The summed E-state index contributed by atoms with van der Waals surface area (Å²) in [6, 6.07) is 8.10. The molecule has 1 heterocycles. The average molecular weight is 316 g/mol. The van der Waals surface area contributed by atoms with E-state index in [1.165, 1.54) is 5.56 Å². The van der Waals surface area contributed by atoms with E-state index in [0.29, 0.717) is 25.2 Å². The van der Waals surface area contributed by atoms with E-state index in [4.69, 9.17) is 14.2 Å². The van der Waals surface area contributed by atoms with E-state index < -0.39 is 6.10 Å². The summed E-state index contributed by atoms with van der Waals surface area (Å²) in [5.74, 6) is 2.26. The molecule has 1 aliphatic heterocycles. The lowest BCUT2D eigenvalue weighted by atomic mass is 9.93. The van der Waals surface area contributed by atoms with E-state index in [1.807, 2.05) is 12.1 Å². The predicted molar refractivity (Wildman–Crippen MR) is 88.3 cm³/mol. The number of epoxide rings is 1. The first kappa shape index (κ1) is 16.1. The minimum absolute atomic E-state index is 0.302. The van der Waals surface area contributed by atoms with Gasteiger partial charge < -0.3 is 19.3 Å². The van der Waals surface area contributed by atoms with Crippen molar-refractivity contribution in [3.05, 3.63) is 53.8 Å². The molecule has 1 N–H and O–H groups in total. The molecular formula is C19H24O4. The maximum Gasteiger partial charge on any atom is 0.119 e. The van der Waals surface area contributed by atoms with E-state index in [-0.39, 0.29) is 0 Å². The van der Waals surface area contributed by atoms with Crippen LogP contribution < -0.4 is 4.74 Å². The van der Waals surface area contributed by atoms with Crippen LogP contribution in [-0.4, -0.2) is 37.1 Å². The van der Waals surface area contributed by atoms with Crippen LogP contribution in [0.15, 0.2) is 48.3 Å². The lowest BCUT2D eigenvalue weighted by Crippen LogP contribution is -2.12. The summed E-state index contributed by atoms with van der Waals surface area (Å²) in [6.07, 6.45) is 8.30. The standard InChI is InChI=1S/C19H24O4/c1-14(20)11-21-17-6-2-15(3-7-17)10-16-4-8-18(9-5-16)22-12-19-13-23-19/h2-4,6-9,14,16,19-20H,5,10-13H2,1H3. The molecule has 3 unspecified atom stereocenters. The van der Waals surface area contributed by atoms with Gasteiger partial charge in [-0.2, -0.15) is 0 Å². The number of hydrogen-bond donors (Lipinski definition) is 1. The number of ether oxygens (including phenoxy) is 3. The number of aliphatic hydroxyl groups excluding tert-OH is 1. The van der Waals surface area contributed by atoms with Crippen molar-refractivity contribution in [3.63, 3.8) is 0 Å². The Morgan fingerprint density at radius 3 is 2.65 bits per heavy atom. The van der Waals surface area contributed by atoms with Crippen LogP contribution in [0.25, 0.3) is 0 Å². The van der Waals surface area contributed by atoms with Crippen molar-refractivity contribution in [2.45, 2.75) is 32.0 Å². The smallest absolute Gasteiger partial charge is 0.119 e. The number of rotatable bonds is 8. The van der Waals surface area contributed by atoms with Crippen LogP contribution in [0.2, 0.25) is 0 Å². The number of benzene rings is 1. The second kappa shape index (κ2) is 7.66. The summed E-state index contributed by atoms with van der Waals surface area (Å²) < 4.78 is 16.3. The third kappa shape index (κ3) is 5.41. The van der Waals surface area contributed by atoms with Gasteiger partial charge in [0.15, 0.2) is 0 Å². The molecule has 1 aromatic carbocycles. The van der Waals surface area contributed by atoms with Gasteiger partial charge in [-0.15, -0.1) is 0 Å². The molecule has 1 aromatic rings. The van der Waals surface area contributed by atoms with Gasteiger partial charge in [-0.3, -0.25) is 0 Å². The molecule has 1 saturated heterocycles. The molecule has 0 saturated carbocycles. The van der Waals surface area contributed by atoms with Gasteiger partial charge in [0, 0.05) is 0 Å². The summed E-state index contributed by atoms with van der Waals surface area (Å²) >= 11 is 0. The van der Waals surface area contributed by atoms with Gasteiger partial charge in [-0.1, -0.05) is 18.2 Å². The first-order valence-corrected chi connectivity index (χ1v) is 8.21. The molecule has 124 valence electrons. The number of hydrogen-bond acceptors (Lipinski definition) is 4. The first-order chi connectivity index (χ1) is 11.2. The number of allylic oxidation sites excluding steroid dienone is 3. The Balaban J connectivity index is 1.43. The normalized spacial score (nSPS) is 24.0. The van der Waals surface area contributed by atoms with Gasteiger partial charge >= 0.3 is 0 Å². The Bertz CT molecular complexity index is 555. The molecule has 4 heteroatoms. The summed E-state index contributed by atoms with van der Waals surface area (Å²) in [7, 11) is 0. The van der Waals surface area contributed by atoms with E-state index in [0.717, 1.165) is 31.0 Å². The molecule has 0 bridgehead atoms. The zero-order valence-corrected chi connectivity index (χ0v) is 13.5. The highest BCUT2D eigenvalue weighted by molar-refractivity contribution is 5.29. The van der Waals surface area contributed by atoms with E-state index in [1.54, 1.807) is 6.92 Å². The largest absolute Gasteiger partial charge is 0.491 e. The highest BCUT2D eigenvalue weighted by Crippen LogP contribution is 2.23. The van der Waals surface area contributed by atoms with E-state index in [2.05, 4.69) is 30.4 Å². The quantitative estimate of drug-likeness (QED) is 0.749. The van der Waals surface area contributed by atoms with E-state index in [9.17, 15) is 5.11 Å². The molecule has 23 heavy (non-hydrogen) atoms. The van der Waals surface area contributed by atoms with Gasteiger partial charge in [0.05, 0.1) is 12.7 Å². The Hall–Kier alpha value is -1.78. The van der Waals surface area contributed by atoms with Crippen molar-refractivity contribution in [2.24, 2.45) is 5.92 Å². The Morgan fingerprint density at radius 1 is 1.26 bits per heavy atom. The lowest BCUT2D eigenvalue weighted by Gasteiger charge is -2.17. The monoisotopic (exact) mass is 316 g/mol. The van der Waals surface area contributed by atoms with Crippen molar-refractivity contribution in [3.8, 4) is 5.75 Å². The van der Waals surface area contributed by atoms with Crippen molar-refractivity contribution in [1.29, 1.82) is 0 Å². The molecule has 2 aliphatic rings. The van der Waals surface area contributed by atoms with Crippen molar-refractivity contribution in [2.75, 3.05) is 19.8 Å². The second-order valence-corrected chi connectivity index (χ2v) is 6.24. The highest BCUT2D eigenvalue weighted by Gasteiger charge is 2.23. The molecule has 3 rings (SSSR count).